The van der Waals surface area contributed by atoms with Gasteiger partial charge in [-0.15, -0.1) is 24.0 Å². The molecule has 0 aliphatic heterocycles. The summed E-state index contributed by atoms with van der Waals surface area (Å²) in [7, 11) is 0. The van der Waals surface area contributed by atoms with Crippen molar-refractivity contribution < 1.29 is 17.9 Å². The molecule has 0 aromatic heterocycles. The van der Waals surface area contributed by atoms with Crippen LogP contribution in [0.15, 0.2) is 29.3 Å². The molecule has 0 aliphatic carbocycles. The Hall–Kier alpha value is -1.47. The van der Waals surface area contributed by atoms with Crippen molar-refractivity contribution >= 4 is 29.9 Å². The third kappa shape index (κ3) is 11.8. The van der Waals surface area contributed by atoms with Crippen LogP contribution in [0.4, 0.5) is 13.2 Å². The number of aliphatic imine (C=N–C) groups is 1. The Morgan fingerprint density at radius 3 is 2.63 bits per heavy atom. The van der Waals surface area contributed by atoms with Gasteiger partial charge in [-0.3, -0.25) is 4.99 Å². The maximum absolute atomic E-state index is 12.7. The standard InChI is InChI=1S/C19H26F3N3O.HI/c1-3-23-18(24-12-5-6-14-26-4-2)25-13-8-10-16-9-7-11-17(15-16)19(20,21)22;/h7,9,11,15H,3-6,12-14H2,1-2H3,(H2,23,24,25);1H. The van der Waals surface area contributed by atoms with Crippen LogP contribution < -0.4 is 10.6 Å². The molecule has 152 valence electrons. The van der Waals surface area contributed by atoms with E-state index < -0.39 is 11.7 Å². The fourth-order valence-electron chi connectivity index (χ4n) is 2.04. The van der Waals surface area contributed by atoms with Crippen molar-refractivity contribution in [2.45, 2.75) is 32.9 Å². The van der Waals surface area contributed by atoms with Crippen molar-refractivity contribution in [3.05, 3.63) is 35.4 Å². The molecule has 2 N–H and O–H groups in total. The van der Waals surface area contributed by atoms with Crippen LogP contribution in [0.5, 0.6) is 0 Å². The van der Waals surface area contributed by atoms with E-state index >= 15 is 0 Å². The molecule has 0 saturated heterocycles. The van der Waals surface area contributed by atoms with Gasteiger partial charge in [0, 0.05) is 31.9 Å². The summed E-state index contributed by atoms with van der Waals surface area (Å²) in [5.41, 5.74) is -0.362. The first-order chi connectivity index (χ1) is 12.5. The van der Waals surface area contributed by atoms with Crippen LogP contribution in [0.1, 0.15) is 37.8 Å². The smallest absolute Gasteiger partial charge is 0.382 e. The molecule has 1 aromatic rings. The highest BCUT2D eigenvalue weighted by atomic mass is 127. The minimum absolute atomic E-state index is 0. The van der Waals surface area contributed by atoms with Crippen LogP contribution >= 0.6 is 24.0 Å². The lowest BCUT2D eigenvalue weighted by molar-refractivity contribution is -0.137. The molecule has 8 heteroatoms. The molecule has 27 heavy (non-hydrogen) atoms. The second kappa shape index (κ2) is 14.6. The van der Waals surface area contributed by atoms with E-state index in [0.717, 1.165) is 38.2 Å². The molecule has 0 heterocycles. The maximum Gasteiger partial charge on any atom is 0.416 e. The maximum atomic E-state index is 12.7. The molecule has 0 radical (unpaired) electrons. The van der Waals surface area contributed by atoms with Gasteiger partial charge in [-0.25, -0.2) is 0 Å². The van der Waals surface area contributed by atoms with Crippen molar-refractivity contribution in [3.63, 3.8) is 0 Å². The van der Waals surface area contributed by atoms with Gasteiger partial charge in [0.05, 0.1) is 12.1 Å². The molecule has 0 unspecified atom stereocenters. The van der Waals surface area contributed by atoms with E-state index in [2.05, 4.69) is 27.5 Å². The van der Waals surface area contributed by atoms with Gasteiger partial charge in [0.15, 0.2) is 5.96 Å². The lowest BCUT2D eigenvalue weighted by Crippen LogP contribution is -2.37. The Kier molecular flexibility index (Phi) is 13.8. The second-order valence-corrected chi connectivity index (χ2v) is 5.40. The van der Waals surface area contributed by atoms with Crippen molar-refractivity contribution in [1.82, 2.24) is 10.6 Å². The number of alkyl halides is 3. The summed E-state index contributed by atoms with van der Waals surface area (Å²) in [6, 6.07) is 4.99. The first-order valence-electron chi connectivity index (χ1n) is 8.73. The topological polar surface area (TPSA) is 45.7 Å². The van der Waals surface area contributed by atoms with Gasteiger partial charge in [-0.2, -0.15) is 13.2 Å². The Morgan fingerprint density at radius 2 is 1.96 bits per heavy atom. The molecule has 0 bridgehead atoms. The number of hydrogen-bond acceptors (Lipinski definition) is 2. The van der Waals surface area contributed by atoms with Crippen LogP contribution in [-0.2, 0) is 10.9 Å². The number of hydrogen-bond donors (Lipinski definition) is 2. The first kappa shape index (κ1) is 25.5. The summed E-state index contributed by atoms with van der Waals surface area (Å²) < 4.78 is 43.3. The number of nitrogens with zero attached hydrogens (tertiary/aromatic N) is 1. The lowest BCUT2D eigenvalue weighted by atomic mass is 10.1. The highest BCUT2D eigenvalue weighted by Gasteiger charge is 2.30. The first-order valence-corrected chi connectivity index (χ1v) is 8.73. The van der Waals surface area contributed by atoms with Crippen LogP contribution in [0.25, 0.3) is 0 Å². The van der Waals surface area contributed by atoms with Crippen LogP contribution in [0.2, 0.25) is 0 Å². The van der Waals surface area contributed by atoms with E-state index in [1.165, 1.54) is 6.07 Å². The monoisotopic (exact) mass is 497 g/mol. The van der Waals surface area contributed by atoms with E-state index in [0.29, 0.717) is 31.2 Å². The molecule has 0 fully saturated rings. The number of nitrogens with one attached hydrogen (secondary N) is 2. The Morgan fingerprint density at radius 1 is 1.19 bits per heavy atom. The van der Waals surface area contributed by atoms with Gasteiger partial charge >= 0.3 is 6.18 Å². The molecule has 1 aromatic carbocycles. The van der Waals surface area contributed by atoms with Crippen molar-refractivity contribution in [2.75, 3.05) is 32.8 Å². The molecule has 0 spiro atoms. The minimum Gasteiger partial charge on any atom is -0.382 e. The average molecular weight is 497 g/mol. The fraction of sp³-hybridized carbons (Fsp3) is 0.526. The number of guanidine groups is 1. The second-order valence-electron chi connectivity index (χ2n) is 5.40. The van der Waals surface area contributed by atoms with Crippen LogP contribution in [0, 0.1) is 11.8 Å². The predicted molar refractivity (Wildman–Crippen MR) is 113 cm³/mol. The van der Waals surface area contributed by atoms with Crippen LogP contribution in [0.3, 0.4) is 0 Å². The molecule has 4 nitrogen and oxygen atoms in total. The van der Waals surface area contributed by atoms with E-state index in [1.807, 2.05) is 13.8 Å². The van der Waals surface area contributed by atoms with E-state index in [9.17, 15) is 13.2 Å². The summed E-state index contributed by atoms with van der Waals surface area (Å²) in [6.45, 7) is 7.05. The SMILES string of the molecule is CCNC(=NCCCCOCC)NCC#Cc1cccc(C(F)(F)F)c1.I. The third-order valence-electron chi connectivity index (χ3n) is 3.28. The van der Waals surface area contributed by atoms with Gasteiger partial charge in [0.25, 0.3) is 0 Å². The molecular weight excluding hydrogens is 470 g/mol. The number of halogens is 4. The van der Waals surface area contributed by atoms with Crippen molar-refractivity contribution in [2.24, 2.45) is 4.99 Å². The van der Waals surface area contributed by atoms with Gasteiger partial charge in [0.2, 0.25) is 0 Å². The van der Waals surface area contributed by atoms with Gasteiger partial charge in [-0.1, -0.05) is 17.9 Å². The summed E-state index contributed by atoms with van der Waals surface area (Å²) in [6.07, 6.45) is -2.48. The molecule has 0 atom stereocenters. The Balaban J connectivity index is 0.00000676. The van der Waals surface area contributed by atoms with Gasteiger partial charge in [0.1, 0.15) is 0 Å². The highest BCUT2D eigenvalue weighted by molar-refractivity contribution is 14.0. The van der Waals surface area contributed by atoms with Gasteiger partial charge < -0.3 is 15.4 Å². The normalized spacial score (nSPS) is 11.2. The largest absolute Gasteiger partial charge is 0.416 e. The number of benzene rings is 1. The Bertz CT molecular complexity index is 625. The molecule has 0 aliphatic rings. The predicted octanol–water partition coefficient (Wildman–Crippen LogP) is 4.05. The van der Waals surface area contributed by atoms with Gasteiger partial charge in [-0.05, 0) is 44.9 Å². The number of rotatable bonds is 8. The number of ether oxygens (including phenoxy) is 1. The Labute approximate surface area is 176 Å². The zero-order chi connectivity index (χ0) is 19.3. The minimum atomic E-state index is -4.36. The molecule has 1 rings (SSSR count). The van der Waals surface area contributed by atoms with E-state index in [1.54, 1.807) is 6.07 Å². The fourth-order valence-corrected chi connectivity index (χ4v) is 2.04. The third-order valence-corrected chi connectivity index (χ3v) is 3.28. The number of unbranched alkanes of at least 4 members (excludes halogenated alkanes) is 1. The average Bonchev–Trinajstić information content (AvgIpc) is 2.61. The zero-order valence-electron chi connectivity index (χ0n) is 15.7. The molecule has 0 saturated carbocycles. The molecular formula is C19H27F3IN3O. The lowest BCUT2D eigenvalue weighted by Gasteiger charge is -2.08. The van der Waals surface area contributed by atoms with Crippen molar-refractivity contribution in [1.29, 1.82) is 0 Å². The summed E-state index contributed by atoms with van der Waals surface area (Å²) in [5.74, 6) is 6.19. The summed E-state index contributed by atoms with van der Waals surface area (Å²) in [4.78, 5) is 4.42. The van der Waals surface area contributed by atoms with Crippen molar-refractivity contribution in [3.8, 4) is 11.8 Å². The van der Waals surface area contributed by atoms with E-state index in [-0.39, 0.29) is 24.0 Å². The summed E-state index contributed by atoms with van der Waals surface area (Å²) in [5, 5.41) is 6.15. The highest BCUT2D eigenvalue weighted by Crippen LogP contribution is 2.29. The zero-order valence-corrected chi connectivity index (χ0v) is 18.0. The van der Waals surface area contributed by atoms with Crippen LogP contribution in [-0.4, -0.2) is 38.8 Å². The quantitative estimate of drug-likeness (QED) is 0.187. The summed E-state index contributed by atoms with van der Waals surface area (Å²) >= 11 is 0. The van der Waals surface area contributed by atoms with E-state index in [4.69, 9.17) is 4.74 Å². The molecule has 0 amide bonds.